The molecule has 32 heavy (non-hydrogen) atoms. The van der Waals surface area contributed by atoms with Crippen molar-refractivity contribution < 1.29 is 14.6 Å². The lowest BCUT2D eigenvalue weighted by molar-refractivity contribution is -0.142. The summed E-state index contributed by atoms with van der Waals surface area (Å²) in [5.74, 6) is 0.947. The molecule has 2 N–H and O–H groups in total. The molecule has 1 aromatic rings. The minimum Gasteiger partial charge on any atom is -0.390 e. The Morgan fingerprint density at radius 3 is 2.66 bits per heavy atom. The van der Waals surface area contributed by atoms with E-state index in [0.29, 0.717) is 32.8 Å². The molecular weight excluding hydrogens is 406 g/mol. The number of carbonyl (C=O) groups is 1. The summed E-state index contributed by atoms with van der Waals surface area (Å²) in [4.78, 5) is 23.7. The van der Waals surface area contributed by atoms with Gasteiger partial charge in [0.15, 0.2) is 5.96 Å². The van der Waals surface area contributed by atoms with Crippen molar-refractivity contribution in [2.45, 2.75) is 44.9 Å². The van der Waals surface area contributed by atoms with Gasteiger partial charge in [0.25, 0.3) is 5.91 Å². The van der Waals surface area contributed by atoms with Crippen LogP contribution in [0.4, 0.5) is 0 Å². The van der Waals surface area contributed by atoms with Crippen LogP contribution in [0, 0.1) is 0 Å². The van der Waals surface area contributed by atoms with E-state index in [0.717, 1.165) is 57.9 Å². The standard InChI is InChI=1S/C24H37N5O3/c1-2-25-24(29-13-11-28(12-14-29)23(31)22-8-5-15-32-22)26-16-21(30)18-27-10-9-19-6-3-4-7-20(19)17-27/h3-4,6-7,21-22,30H,2,5,8-18H2,1H3,(H,25,26). The van der Waals surface area contributed by atoms with Crippen LogP contribution in [0.3, 0.4) is 0 Å². The fourth-order valence-electron chi connectivity index (χ4n) is 4.80. The molecule has 0 spiro atoms. The van der Waals surface area contributed by atoms with E-state index in [-0.39, 0.29) is 12.0 Å². The van der Waals surface area contributed by atoms with E-state index in [2.05, 4.69) is 39.4 Å². The summed E-state index contributed by atoms with van der Waals surface area (Å²) in [7, 11) is 0. The fourth-order valence-corrected chi connectivity index (χ4v) is 4.80. The number of aliphatic imine (C=N–C) groups is 1. The third-order valence-electron chi connectivity index (χ3n) is 6.56. The number of aliphatic hydroxyl groups excluding tert-OH is 1. The number of hydrogen-bond donors (Lipinski definition) is 2. The number of hydrogen-bond acceptors (Lipinski definition) is 5. The summed E-state index contributed by atoms with van der Waals surface area (Å²) in [6.07, 6.45) is 2.09. The normalized spacial score (nSPS) is 23.2. The highest BCUT2D eigenvalue weighted by atomic mass is 16.5. The molecule has 3 aliphatic rings. The molecule has 8 heteroatoms. The first-order chi connectivity index (χ1) is 15.6. The minimum absolute atomic E-state index is 0.127. The zero-order valence-electron chi connectivity index (χ0n) is 19.2. The highest BCUT2D eigenvalue weighted by Crippen LogP contribution is 2.19. The zero-order valence-corrected chi connectivity index (χ0v) is 19.2. The largest absolute Gasteiger partial charge is 0.390 e. The number of guanidine groups is 1. The number of ether oxygens (including phenoxy) is 1. The van der Waals surface area contributed by atoms with E-state index in [1.807, 2.05) is 11.8 Å². The van der Waals surface area contributed by atoms with Crippen molar-refractivity contribution in [1.82, 2.24) is 20.0 Å². The molecule has 0 aromatic heterocycles. The molecule has 0 bridgehead atoms. The molecule has 2 unspecified atom stereocenters. The first-order valence-corrected chi connectivity index (χ1v) is 12.0. The van der Waals surface area contributed by atoms with E-state index in [1.165, 1.54) is 11.1 Å². The topological polar surface area (TPSA) is 80.6 Å². The third kappa shape index (κ3) is 5.79. The maximum absolute atomic E-state index is 12.6. The van der Waals surface area contributed by atoms with Crippen LogP contribution in [-0.2, 0) is 22.5 Å². The maximum atomic E-state index is 12.6. The second-order valence-corrected chi connectivity index (χ2v) is 8.92. The number of nitrogens with one attached hydrogen (secondary N) is 1. The van der Waals surface area contributed by atoms with Crippen molar-refractivity contribution in [3.8, 4) is 0 Å². The number of fused-ring (bicyclic) bond motifs is 1. The van der Waals surface area contributed by atoms with Gasteiger partial charge in [0, 0.05) is 59.0 Å². The Labute approximate surface area is 191 Å². The molecule has 0 saturated carbocycles. The van der Waals surface area contributed by atoms with Gasteiger partial charge in [0.05, 0.1) is 12.6 Å². The molecule has 8 nitrogen and oxygen atoms in total. The molecule has 0 aliphatic carbocycles. The van der Waals surface area contributed by atoms with Crippen LogP contribution in [0.2, 0.25) is 0 Å². The lowest BCUT2D eigenvalue weighted by Gasteiger charge is -2.37. The zero-order chi connectivity index (χ0) is 22.3. The van der Waals surface area contributed by atoms with Crippen LogP contribution < -0.4 is 5.32 Å². The van der Waals surface area contributed by atoms with Crippen LogP contribution >= 0.6 is 0 Å². The summed E-state index contributed by atoms with van der Waals surface area (Å²) >= 11 is 0. The maximum Gasteiger partial charge on any atom is 0.251 e. The van der Waals surface area contributed by atoms with E-state index >= 15 is 0 Å². The van der Waals surface area contributed by atoms with Gasteiger partial charge in [-0.1, -0.05) is 24.3 Å². The summed E-state index contributed by atoms with van der Waals surface area (Å²) in [6, 6.07) is 8.56. The van der Waals surface area contributed by atoms with Crippen molar-refractivity contribution in [3.63, 3.8) is 0 Å². The number of β-amino-alcohol motifs (C(OH)–C–C–N with tert-alkyl or cyclic N) is 1. The predicted molar refractivity (Wildman–Crippen MR) is 125 cm³/mol. The van der Waals surface area contributed by atoms with Crippen LogP contribution in [0.25, 0.3) is 0 Å². The van der Waals surface area contributed by atoms with Gasteiger partial charge < -0.3 is 25.0 Å². The van der Waals surface area contributed by atoms with Crippen molar-refractivity contribution in [3.05, 3.63) is 35.4 Å². The monoisotopic (exact) mass is 443 g/mol. The van der Waals surface area contributed by atoms with Gasteiger partial charge in [-0.2, -0.15) is 0 Å². The summed E-state index contributed by atoms with van der Waals surface area (Å²) in [5, 5.41) is 14.0. The second-order valence-electron chi connectivity index (χ2n) is 8.92. The molecule has 2 saturated heterocycles. The fraction of sp³-hybridized carbons (Fsp3) is 0.667. The number of aliphatic hydroxyl groups is 1. The molecule has 2 fully saturated rings. The van der Waals surface area contributed by atoms with Crippen molar-refractivity contribution in [2.24, 2.45) is 4.99 Å². The molecule has 1 amide bonds. The quantitative estimate of drug-likeness (QED) is 0.498. The van der Waals surface area contributed by atoms with Gasteiger partial charge in [-0.3, -0.25) is 14.7 Å². The molecular formula is C24H37N5O3. The van der Waals surface area contributed by atoms with Crippen molar-refractivity contribution >= 4 is 11.9 Å². The van der Waals surface area contributed by atoms with E-state index < -0.39 is 6.10 Å². The molecule has 4 rings (SSSR count). The summed E-state index contributed by atoms with van der Waals surface area (Å²) in [5.41, 5.74) is 2.78. The number of carbonyl (C=O) groups excluding carboxylic acids is 1. The second kappa shape index (κ2) is 11.1. The Balaban J connectivity index is 1.26. The van der Waals surface area contributed by atoms with Gasteiger partial charge in [0.2, 0.25) is 0 Å². The number of benzene rings is 1. The summed E-state index contributed by atoms with van der Waals surface area (Å²) < 4.78 is 5.55. The van der Waals surface area contributed by atoms with Crippen molar-refractivity contribution in [1.29, 1.82) is 0 Å². The molecule has 1 aromatic carbocycles. The average Bonchev–Trinajstić information content (AvgIpc) is 3.36. The minimum atomic E-state index is -0.503. The Morgan fingerprint density at radius 1 is 1.19 bits per heavy atom. The lowest BCUT2D eigenvalue weighted by Crippen LogP contribution is -2.55. The smallest absolute Gasteiger partial charge is 0.251 e. The highest BCUT2D eigenvalue weighted by molar-refractivity contribution is 5.82. The molecule has 3 aliphatic heterocycles. The molecule has 2 atom stereocenters. The Kier molecular flexibility index (Phi) is 8.00. The Hall–Kier alpha value is -2.16. The number of amides is 1. The molecule has 176 valence electrons. The Bertz CT molecular complexity index is 788. The number of piperazine rings is 1. The lowest BCUT2D eigenvalue weighted by atomic mass is 10.00. The average molecular weight is 444 g/mol. The van der Waals surface area contributed by atoms with Crippen LogP contribution in [0.15, 0.2) is 29.3 Å². The van der Waals surface area contributed by atoms with Gasteiger partial charge in [-0.15, -0.1) is 0 Å². The van der Waals surface area contributed by atoms with Gasteiger partial charge in [-0.05, 0) is 37.3 Å². The third-order valence-corrected chi connectivity index (χ3v) is 6.56. The molecule has 0 radical (unpaired) electrons. The Morgan fingerprint density at radius 2 is 1.94 bits per heavy atom. The van der Waals surface area contributed by atoms with Gasteiger partial charge >= 0.3 is 0 Å². The molecule has 3 heterocycles. The predicted octanol–water partition coefficient (Wildman–Crippen LogP) is 0.694. The van der Waals surface area contributed by atoms with Gasteiger partial charge in [-0.25, -0.2) is 0 Å². The van der Waals surface area contributed by atoms with E-state index in [1.54, 1.807) is 0 Å². The summed E-state index contributed by atoms with van der Waals surface area (Å²) in [6.45, 7) is 9.21. The van der Waals surface area contributed by atoms with Crippen molar-refractivity contribution in [2.75, 3.05) is 59.0 Å². The van der Waals surface area contributed by atoms with E-state index in [9.17, 15) is 9.90 Å². The van der Waals surface area contributed by atoms with Gasteiger partial charge in [0.1, 0.15) is 6.10 Å². The first kappa shape index (κ1) is 23.0. The SMILES string of the molecule is CCNC(=NCC(O)CN1CCc2ccccc2C1)N1CCN(C(=O)C2CCCO2)CC1. The van der Waals surface area contributed by atoms with Crippen LogP contribution in [-0.4, -0.2) is 103 Å². The number of rotatable bonds is 6. The first-order valence-electron chi connectivity index (χ1n) is 12.0. The van der Waals surface area contributed by atoms with Crippen LogP contribution in [0.5, 0.6) is 0 Å². The number of nitrogens with zero attached hydrogens (tertiary/aromatic N) is 4. The van der Waals surface area contributed by atoms with E-state index in [4.69, 9.17) is 9.73 Å². The highest BCUT2D eigenvalue weighted by Gasteiger charge is 2.31. The van der Waals surface area contributed by atoms with Crippen LogP contribution in [0.1, 0.15) is 30.9 Å².